The van der Waals surface area contributed by atoms with Gasteiger partial charge in [-0.05, 0) is 60.6 Å². The lowest BCUT2D eigenvalue weighted by Gasteiger charge is -2.23. The predicted octanol–water partition coefficient (Wildman–Crippen LogP) is 4.88. The van der Waals surface area contributed by atoms with E-state index in [1.54, 1.807) is 18.2 Å². The second-order valence-electron chi connectivity index (χ2n) is 5.60. The Bertz CT molecular complexity index is 580. The van der Waals surface area contributed by atoms with Crippen LogP contribution in [-0.2, 0) is 0 Å². The molecule has 0 amide bonds. The van der Waals surface area contributed by atoms with Crippen molar-refractivity contribution in [2.75, 3.05) is 0 Å². The van der Waals surface area contributed by atoms with Crippen molar-refractivity contribution in [3.05, 3.63) is 58.9 Å². The van der Waals surface area contributed by atoms with E-state index in [9.17, 15) is 10.2 Å². The first-order valence-corrected chi connectivity index (χ1v) is 7.34. The Balaban J connectivity index is 2.02. The first-order valence-electron chi connectivity index (χ1n) is 7.34. The molecule has 0 aliphatic heterocycles. The fourth-order valence-corrected chi connectivity index (χ4v) is 3.12. The molecule has 0 spiro atoms. The third kappa shape index (κ3) is 2.64. The van der Waals surface area contributed by atoms with Crippen molar-refractivity contribution < 1.29 is 10.2 Å². The van der Waals surface area contributed by atoms with Gasteiger partial charge in [0.2, 0.25) is 0 Å². The zero-order valence-corrected chi connectivity index (χ0v) is 11.6. The molecule has 104 valence electrons. The molecule has 1 aromatic carbocycles. The van der Waals surface area contributed by atoms with E-state index in [4.69, 9.17) is 0 Å². The molecule has 0 heterocycles. The normalized spacial score (nSPS) is 19.6. The largest absolute Gasteiger partial charge is 0.512 e. The minimum atomic E-state index is 0.287. The van der Waals surface area contributed by atoms with Crippen LogP contribution in [0.2, 0.25) is 0 Å². The molecule has 2 aliphatic rings. The molecule has 3 rings (SSSR count). The Kier molecular flexibility index (Phi) is 3.64. The molecule has 0 aromatic heterocycles. The average molecular weight is 268 g/mol. The van der Waals surface area contributed by atoms with Crippen LogP contribution in [0.4, 0.5) is 0 Å². The topological polar surface area (TPSA) is 40.5 Å². The van der Waals surface area contributed by atoms with Gasteiger partial charge in [0.25, 0.3) is 0 Å². The molecule has 20 heavy (non-hydrogen) atoms. The van der Waals surface area contributed by atoms with Crippen molar-refractivity contribution in [1.29, 1.82) is 0 Å². The van der Waals surface area contributed by atoms with E-state index in [-0.39, 0.29) is 5.75 Å². The van der Waals surface area contributed by atoms with Crippen LogP contribution in [0.15, 0.2) is 53.3 Å². The molecule has 2 N–H and O–H groups in total. The Morgan fingerprint density at radius 1 is 0.800 bits per heavy atom. The Labute approximate surface area is 119 Å². The number of benzene rings is 1. The molecule has 0 unspecified atom stereocenters. The molecule has 2 nitrogen and oxygen atoms in total. The highest BCUT2D eigenvalue weighted by Crippen LogP contribution is 2.38. The van der Waals surface area contributed by atoms with Crippen LogP contribution in [0.5, 0.6) is 5.75 Å². The number of aliphatic hydroxyl groups excluding tert-OH is 1. The van der Waals surface area contributed by atoms with Gasteiger partial charge in [-0.25, -0.2) is 0 Å². The summed E-state index contributed by atoms with van der Waals surface area (Å²) >= 11 is 0. The van der Waals surface area contributed by atoms with Gasteiger partial charge >= 0.3 is 0 Å². The highest BCUT2D eigenvalue weighted by molar-refractivity contribution is 5.83. The van der Waals surface area contributed by atoms with Gasteiger partial charge in [-0.2, -0.15) is 0 Å². The summed E-state index contributed by atoms with van der Waals surface area (Å²) in [5.74, 6) is 0.732. The maximum Gasteiger partial charge on any atom is 0.115 e. The van der Waals surface area contributed by atoms with Crippen molar-refractivity contribution >= 4 is 5.57 Å². The van der Waals surface area contributed by atoms with Crippen LogP contribution >= 0.6 is 0 Å². The second kappa shape index (κ2) is 5.58. The van der Waals surface area contributed by atoms with E-state index in [2.05, 4.69) is 0 Å². The lowest BCUT2D eigenvalue weighted by Crippen LogP contribution is -2.05. The fourth-order valence-electron chi connectivity index (χ4n) is 3.12. The summed E-state index contributed by atoms with van der Waals surface area (Å²) in [6.45, 7) is 0. The van der Waals surface area contributed by atoms with Crippen molar-refractivity contribution in [3.8, 4) is 5.75 Å². The van der Waals surface area contributed by atoms with Crippen molar-refractivity contribution in [1.82, 2.24) is 0 Å². The molecule has 0 atom stereocenters. The molecule has 0 saturated heterocycles. The first kappa shape index (κ1) is 13.0. The molecule has 1 fully saturated rings. The van der Waals surface area contributed by atoms with Gasteiger partial charge in [0, 0.05) is 6.42 Å². The Morgan fingerprint density at radius 2 is 1.50 bits per heavy atom. The van der Waals surface area contributed by atoms with Crippen molar-refractivity contribution in [2.24, 2.45) is 0 Å². The molecule has 0 radical (unpaired) electrons. The number of rotatable bonds is 1. The van der Waals surface area contributed by atoms with Crippen LogP contribution in [0.25, 0.3) is 5.57 Å². The maximum absolute atomic E-state index is 9.86. The second-order valence-corrected chi connectivity index (χ2v) is 5.60. The summed E-state index contributed by atoms with van der Waals surface area (Å²) in [7, 11) is 0. The minimum absolute atomic E-state index is 0.287. The molecular formula is C18H20O2. The molecule has 1 aromatic rings. The monoisotopic (exact) mass is 268 g/mol. The quantitative estimate of drug-likeness (QED) is 0.762. The lowest BCUT2D eigenvalue weighted by atomic mass is 9.82. The Morgan fingerprint density at radius 3 is 2.20 bits per heavy atom. The first-order chi connectivity index (χ1) is 9.74. The summed E-state index contributed by atoms with van der Waals surface area (Å²) in [5, 5.41) is 19.3. The van der Waals surface area contributed by atoms with Gasteiger partial charge < -0.3 is 10.2 Å². The lowest BCUT2D eigenvalue weighted by molar-refractivity contribution is 0.397. The van der Waals surface area contributed by atoms with Crippen LogP contribution in [0.1, 0.15) is 44.1 Å². The number of hydrogen-bond acceptors (Lipinski definition) is 2. The molecule has 2 aliphatic carbocycles. The smallest absolute Gasteiger partial charge is 0.115 e. The zero-order chi connectivity index (χ0) is 13.9. The maximum atomic E-state index is 9.86. The summed E-state index contributed by atoms with van der Waals surface area (Å²) in [4.78, 5) is 0. The third-order valence-electron chi connectivity index (χ3n) is 4.19. The molecule has 0 bridgehead atoms. The van der Waals surface area contributed by atoms with Crippen molar-refractivity contribution in [2.45, 2.75) is 38.5 Å². The standard InChI is InChI=1S/C18H20O2/c19-15-8-6-14(7-9-15)17-11-10-16(20)12-18(17)13-4-2-1-3-5-13/h6-11,19-20H,1-5,12H2. The van der Waals surface area contributed by atoms with Gasteiger partial charge in [0.1, 0.15) is 5.75 Å². The summed E-state index contributed by atoms with van der Waals surface area (Å²) in [6.07, 6.45) is 10.6. The van der Waals surface area contributed by atoms with Crippen LogP contribution in [0, 0.1) is 0 Å². The van der Waals surface area contributed by atoms with E-state index in [1.165, 1.54) is 36.0 Å². The Hall–Kier alpha value is -1.96. The fraction of sp³-hybridized carbons (Fsp3) is 0.333. The number of phenols is 1. The van der Waals surface area contributed by atoms with E-state index >= 15 is 0 Å². The number of allylic oxidation sites excluding steroid dienone is 5. The van der Waals surface area contributed by atoms with Crippen LogP contribution in [-0.4, -0.2) is 10.2 Å². The number of hydrogen-bond donors (Lipinski definition) is 2. The van der Waals surface area contributed by atoms with E-state index in [0.717, 1.165) is 18.4 Å². The zero-order valence-electron chi connectivity index (χ0n) is 11.6. The number of aromatic hydroxyl groups is 1. The highest BCUT2D eigenvalue weighted by Gasteiger charge is 2.19. The van der Waals surface area contributed by atoms with Gasteiger partial charge in [-0.1, -0.05) is 30.2 Å². The molecular weight excluding hydrogens is 248 g/mol. The highest BCUT2D eigenvalue weighted by atomic mass is 16.3. The molecule has 2 heteroatoms. The summed E-state index contributed by atoms with van der Waals surface area (Å²) in [5.41, 5.74) is 5.09. The van der Waals surface area contributed by atoms with Crippen molar-refractivity contribution in [3.63, 3.8) is 0 Å². The third-order valence-corrected chi connectivity index (χ3v) is 4.19. The van der Waals surface area contributed by atoms with Gasteiger partial charge in [-0.3, -0.25) is 0 Å². The van der Waals surface area contributed by atoms with Gasteiger partial charge in [-0.15, -0.1) is 0 Å². The van der Waals surface area contributed by atoms with E-state index in [1.807, 2.05) is 18.2 Å². The van der Waals surface area contributed by atoms with Gasteiger partial charge in [0.15, 0.2) is 0 Å². The van der Waals surface area contributed by atoms with Crippen LogP contribution < -0.4 is 0 Å². The molecule has 1 saturated carbocycles. The SMILES string of the molecule is OC1=CC=C(c2ccc(O)cc2)C(=C2CCCCC2)C1. The van der Waals surface area contributed by atoms with Gasteiger partial charge in [0.05, 0.1) is 5.76 Å². The van der Waals surface area contributed by atoms with Crippen LogP contribution in [0.3, 0.4) is 0 Å². The average Bonchev–Trinajstić information content (AvgIpc) is 2.49. The number of phenolic OH excluding ortho intramolecular Hbond substituents is 1. The predicted molar refractivity (Wildman–Crippen MR) is 81.5 cm³/mol. The number of aliphatic hydroxyl groups is 1. The van der Waals surface area contributed by atoms with E-state index in [0.29, 0.717) is 12.2 Å². The summed E-state index contributed by atoms with van der Waals surface area (Å²) in [6, 6.07) is 7.33. The van der Waals surface area contributed by atoms with E-state index < -0.39 is 0 Å². The summed E-state index contributed by atoms with van der Waals surface area (Å²) < 4.78 is 0. The minimum Gasteiger partial charge on any atom is -0.512 e.